The summed E-state index contributed by atoms with van der Waals surface area (Å²) in [6.45, 7) is 2.03. The molecule has 1 heterocycles. The van der Waals surface area contributed by atoms with Crippen molar-refractivity contribution in [3.05, 3.63) is 64.1 Å². The van der Waals surface area contributed by atoms with Crippen molar-refractivity contribution in [2.45, 2.75) is 6.92 Å². The Kier molecular flexibility index (Phi) is 5.32. The first-order valence-electron chi connectivity index (χ1n) is 8.11. The van der Waals surface area contributed by atoms with Crippen LogP contribution in [0.25, 0.3) is 16.9 Å². The summed E-state index contributed by atoms with van der Waals surface area (Å²) in [6, 6.07) is 15.7. The lowest BCUT2D eigenvalue weighted by Gasteiger charge is -2.06. The van der Waals surface area contributed by atoms with Gasteiger partial charge in [-0.1, -0.05) is 45.8 Å². The van der Waals surface area contributed by atoms with Gasteiger partial charge >= 0.3 is 0 Å². The van der Waals surface area contributed by atoms with E-state index in [-0.39, 0.29) is 0 Å². The Balaban J connectivity index is 2.23. The number of hydrogen-bond acceptors (Lipinski definition) is 3. The molecule has 0 aliphatic rings. The predicted octanol–water partition coefficient (Wildman–Crippen LogP) is 4.64. The average molecular weight is 411 g/mol. The van der Waals surface area contributed by atoms with E-state index in [9.17, 15) is 4.79 Å². The number of nitrogens with zero attached hydrogens (tertiary/aromatic N) is 4. The maximum absolute atomic E-state index is 11.9. The second-order valence-corrected chi connectivity index (χ2v) is 7.08. The van der Waals surface area contributed by atoms with Gasteiger partial charge in [0.05, 0.1) is 17.6 Å². The number of aldehydes is 1. The normalized spacial score (nSPS) is 11.1. The molecular formula is C20H19BrN4O. The maximum atomic E-state index is 11.9. The number of aliphatic imine (C=N–C) groups is 1. The molecule has 1 aromatic heterocycles. The van der Waals surface area contributed by atoms with Crippen LogP contribution in [0.1, 0.15) is 15.9 Å². The molecule has 0 aliphatic carbocycles. The number of aromatic nitrogens is 2. The molecule has 0 bridgehead atoms. The van der Waals surface area contributed by atoms with Crippen LogP contribution in [0, 0.1) is 6.92 Å². The van der Waals surface area contributed by atoms with Gasteiger partial charge in [-0.3, -0.25) is 4.79 Å². The van der Waals surface area contributed by atoms with Crippen LogP contribution in [0.3, 0.4) is 0 Å². The zero-order valence-corrected chi connectivity index (χ0v) is 16.4. The third-order valence-corrected chi connectivity index (χ3v) is 4.35. The summed E-state index contributed by atoms with van der Waals surface area (Å²) in [5.74, 6) is 0.506. The van der Waals surface area contributed by atoms with Gasteiger partial charge < -0.3 is 4.90 Å². The van der Waals surface area contributed by atoms with E-state index < -0.39 is 0 Å². The molecule has 0 atom stereocenters. The highest BCUT2D eigenvalue weighted by Crippen LogP contribution is 2.32. The van der Waals surface area contributed by atoms with Crippen LogP contribution in [0.15, 0.2) is 58.0 Å². The first kappa shape index (κ1) is 18.1. The molecule has 0 aliphatic heterocycles. The third-order valence-electron chi connectivity index (χ3n) is 3.82. The summed E-state index contributed by atoms with van der Waals surface area (Å²) in [7, 11) is 3.76. The molecule has 0 saturated heterocycles. The minimum atomic E-state index is 0.467. The van der Waals surface area contributed by atoms with Crippen molar-refractivity contribution in [2.75, 3.05) is 14.1 Å². The topological polar surface area (TPSA) is 50.5 Å². The third kappa shape index (κ3) is 3.75. The van der Waals surface area contributed by atoms with E-state index in [2.05, 4.69) is 20.9 Å². The molecule has 5 nitrogen and oxygen atoms in total. The molecular weight excluding hydrogens is 392 g/mol. The van der Waals surface area contributed by atoms with Gasteiger partial charge in [-0.05, 0) is 31.2 Å². The molecule has 0 radical (unpaired) electrons. The molecule has 26 heavy (non-hydrogen) atoms. The molecule has 0 amide bonds. The van der Waals surface area contributed by atoms with E-state index in [1.807, 2.05) is 74.4 Å². The van der Waals surface area contributed by atoms with Gasteiger partial charge in [-0.2, -0.15) is 5.10 Å². The quantitative estimate of drug-likeness (QED) is 0.349. The first-order chi connectivity index (χ1) is 12.5. The van der Waals surface area contributed by atoms with Crippen LogP contribution in [0.2, 0.25) is 0 Å². The summed E-state index contributed by atoms with van der Waals surface area (Å²) < 4.78 is 2.67. The van der Waals surface area contributed by atoms with E-state index in [1.165, 1.54) is 0 Å². The highest BCUT2D eigenvalue weighted by Gasteiger charge is 2.19. The van der Waals surface area contributed by atoms with Gasteiger partial charge in [0.15, 0.2) is 12.1 Å². The van der Waals surface area contributed by atoms with Crippen molar-refractivity contribution in [3.63, 3.8) is 0 Å². The molecule has 2 aromatic carbocycles. The lowest BCUT2D eigenvalue weighted by atomic mass is 10.1. The second-order valence-electron chi connectivity index (χ2n) is 6.17. The zero-order chi connectivity index (χ0) is 18.7. The Bertz CT molecular complexity index is 941. The highest BCUT2D eigenvalue weighted by atomic mass is 79.9. The van der Waals surface area contributed by atoms with Gasteiger partial charge in [0.2, 0.25) is 0 Å². The zero-order valence-electron chi connectivity index (χ0n) is 14.8. The molecule has 0 spiro atoms. The molecule has 132 valence electrons. The fourth-order valence-corrected chi connectivity index (χ4v) is 2.78. The summed E-state index contributed by atoms with van der Waals surface area (Å²) in [6.07, 6.45) is 2.48. The fourth-order valence-electron chi connectivity index (χ4n) is 2.51. The van der Waals surface area contributed by atoms with Crippen molar-refractivity contribution in [1.29, 1.82) is 0 Å². The van der Waals surface area contributed by atoms with Gasteiger partial charge in [-0.25, -0.2) is 9.67 Å². The SMILES string of the molecule is Cc1ccc(-c2nn(-c3ccc(Br)cc3)c(/N=C\N(C)C)c2C=O)cc1. The Morgan fingerprint density at radius 1 is 1.08 bits per heavy atom. The molecule has 0 N–H and O–H groups in total. The predicted molar refractivity (Wildman–Crippen MR) is 109 cm³/mol. The minimum Gasteiger partial charge on any atom is -0.369 e. The summed E-state index contributed by atoms with van der Waals surface area (Å²) >= 11 is 3.44. The van der Waals surface area contributed by atoms with Crippen LogP contribution in [0.4, 0.5) is 5.82 Å². The molecule has 0 fully saturated rings. The lowest BCUT2D eigenvalue weighted by molar-refractivity contribution is 0.112. The number of benzene rings is 2. The van der Waals surface area contributed by atoms with Crippen molar-refractivity contribution >= 4 is 34.4 Å². The largest absolute Gasteiger partial charge is 0.369 e. The van der Waals surface area contributed by atoms with Crippen LogP contribution in [0.5, 0.6) is 0 Å². The number of carbonyl (C=O) groups is 1. The number of rotatable bonds is 5. The lowest BCUT2D eigenvalue weighted by Crippen LogP contribution is -2.07. The van der Waals surface area contributed by atoms with Gasteiger partial charge in [-0.15, -0.1) is 0 Å². The van der Waals surface area contributed by atoms with Crippen molar-refractivity contribution in [1.82, 2.24) is 14.7 Å². The van der Waals surface area contributed by atoms with Crippen LogP contribution >= 0.6 is 15.9 Å². The van der Waals surface area contributed by atoms with Crippen molar-refractivity contribution < 1.29 is 4.79 Å². The van der Waals surface area contributed by atoms with Gasteiger partial charge in [0.1, 0.15) is 5.69 Å². The number of halogens is 1. The standard InChI is InChI=1S/C20H19BrN4O/c1-14-4-6-15(7-5-14)19-18(12-26)20(22-13-24(2)3)25(23-19)17-10-8-16(21)9-11-17/h4-13H,1-3H3/b22-13-. The fraction of sp³-hybridized carbons (Fsp3) is 0.150. The minimum absolute atomic E-state index is 0.467. The van der Waals surface area contributed by atoms with Crippen LogP contribution < -0.4 is 0 Å². The second kappa shape index (κ2) is 7.66. The van der Waals surface area contributed by atoms with E-state index in [1.54, 1.807) is 11.0 Å². The van der Waals surface area contributed by atoms with E-state index in [0.29, 0.717) is 17.1 Å². The maximum Gasteiger partial charge on any atom is 0.168 e. The first-order valence-corrected chi connectivity index (χ1v) is 8.90. The van der Waals surface area contributed by atoms with Crippen LogP contribution in [-0.4, -0.2) is 41.4 Å². The Hall–Kier alpha value is -2.73. The van der Waals surface area contributed by atoms with Crippen molar-refractivity contribution in [2.24, 2.45) is 4.99 Å². The monoisotopic (exact) mass is 410 g/mol. The van der Waals surface area contributed by atoms with E-state index in [4.69, 9.17) is 5.10 Å². The number of hydrogen-bond donors (Lipinski definition) is 0. The molecule has 3 aromatic rings. The molecule has 0 saturated carbocycles. The van der Waals surface area contributed by atoms with Crippen LogP contribution in [-0.2, 0) is 0 Å². The summed E-state index contributed by atoms with van der Waals surface area (Å²) in [5, 5.41) is 4.70. The summed E-state index contributed by atoms with van der Waals surface area (Å²) in [4.78, 5) is 18.2. The molecule has 0 unspecified atom stereocenters. The average Bonchev–Trinajstić information content (AvgIpc) is 2.99. The number of carbonyl (C=O) groups excluding carboxylic acids is 1. The Labute approximate surface area is 161 Å². The van der Waals surface area contributed by atoms with Crippen molar-refractivity contribution in [3.8, 4) is 16.9 Å². The Morgan fingerprint density at radius 2 is 1.73 bits per heavy atom. The molecule has 3 rings (SSSR count). The number of aryl methyl sites for hydroxylation is 1. The summed E-state index contributed by atoms with van der Waals surface area (Å²) in [5.41, 5.74) is 3.96. The van der Waals surface area contributed by atoms with E-state index in [0.717, 1.165) is 27.6 Å². The van der Waals surface area contributed by atoms with Gasteiger partial charge in [0, 0.05) is 24.1 Å². The highest BCUT2D eigenvalue weighted by molar-refractivity contribution is 9.10. The van der Waals surface area contributed by atoms with E-state index >= 15 is 0 Å². The van der Waals surface area contributed by atoms with Gasteiger partial charge in [0.25, 0.3) is 0 Å². The smallest absolute Gasteiger partial charge is 0.168 e. The Morgan fingerprint density at radius 3 is 2.31 bits per heavy atom. The molecule has 6 heteroatoms.